The molecule has 8 rings (SSSR count). The van der Waals surface area contributed by atoms with Crippen LogP contribution in [0.5, 0.6) is 0 Å². The number of amides is 2. The number of carbonyl (C=O) groups excluding carboxylic acids is 2. The van der Waals surface area contributed by atoms with Crippen molar-refractivity contribution in [3.05, 3.63) is 99.6 Å². The third-order valence-electron chi connectivity index (χ3n) is 8.73. The molecule has 0 saturated carbocycles. The largest absolute Gasteiger partial charge is 0.283 e. The van der Waals surface area contributed by atoms with Gasteiger partial charge in [-0.2, -0.15) is 0 Å². The van der Waals surface area contributed by atoms with Crippen LogP contribution in [-0.2, 0) is 15.1 Å². The molecular formula is C29H21ClN4O3. The highest BCUT2D eigenvalue weighted by atomic mass is 35.5. The Hall–Kier alpha value is -3.81. The van der Waals surface area contributed by atoms with Crippen molar-refractivity contribution in [2.75, 3.05) is 11.4 Å². The molecule has 0 radical (unpaired) electrons. The Kier molecular flexibility index (Phi) is 4.11. The Bertz CT molecular complexity index is 1730. The first-order chi connectivity index (χ1) is 18.0. The summed E-state index contributed by atoms with van der Waals surface area (Å²) in [6.45, 7) is 0.732. The fraction of sp³-hybridized carbons (Fsp3) is 0.241. The highest BCUT2D eigenvalue weighted by Crippen LogP contribution is 2.62. The van der Waals surface area contributed by atoms with Crippen LogP contribution in [0.15, 0.2) is 77.6 Å². The van der Waals surface area contributed by atoms with Gasteiger partial charge in [-0.15, -0.1) is 0 Å². The van der Waals surface area contributed by atoms with E-state index in [2.05, 4.69) is 4.90 Å². The van der Waals surface area contributed by atoms with Crippen LogP contribution in [0.2, 0.25) is 5.02 Å². The molecule has 3 aromatic carbocycles. The number of halogens is 1. The Balaban J connectivity index is 1.45. The van der Waals surface area contributed by atoms with Crippen LogP contribution in [0.1, 0.15) is 24.2 Å². The second-order valence-corrected chi connectivity index (χ2v) is 10.7. The molecule has 37 heavy (non-hydrogen) atoms. The molecule has 4 aromatic rings. The van der Waals surface area contributed by atoms with E-state index in [0.29, 0.717) is 27.4 Å². The zero-order valence-corrected chi connectivity index (χ0v) is 20.4. The number of hydrogen-bond acceptors (Lipinski definition) is 5. The molecule has 1 spiro atoms. The van der Waals surface area contributed by atoms with Gasteiger partial charge in [0.25, 0.3) is 5.56 Å². The number of para-hydroxylation sites is 2. The molecule has 0 bridgehead atoms. The van der Waals surface area contributed by atoms with E-state index in [0.717, 1.165) is 30.6 Å². The van der Waals surface area contributed by atoms with Gasteiger partial charge in [0.1, 0.15) is 11.4 Å². The molecule has 4 aliphatic heterocycles. The first-order valence-electron chi connectivity index (χ1n) is 12.6. The molecule has 1 aromatic heterocycles. The molecule has 5 heterocycles. The van der Waals surface area contributed by atoms with E-state index in [1.807, 2.05) is 42.5 Å². The van der Waals surface area contributed by atoms with Gasteiger partial charge in [-0.1, -0.05) is 41.9 Å². The zero-order chi connectivity index (χ0) is 25.1. The topological polar surface area (TPSA) is 75.5 Å². The van der Waals surface area contributed by atoms with Crippen LogP contribution in [0.4, 0.5) is 5.69 Å². The van der Waals surface area contributed by atoms with Gasteiger partial charge in [-0.25, -0.2) is 9.88 Å². The first kappa shape index (κ1) is 21.3. The summed E-state index contributed by atoms with van der Waals surface area (Å²) in [5.74, 6) is -1.11. The summed E-state index contributed by atoms with van der Waals surface area (Å²) in [4.78, 5) is 51.0. The Labute approximate surface area is 216 Å². The average molecular weight is 509 g/mol. The SMILES string of the molecule is O=C1C2C3CCCN3C3(c4ccccc4-n4c3nc3ccccc3c4=O)C2C(=O)N1c1ccc(Cl)cc1. The van der Waals surface area contributed by atoms with Gasteiger partial charge in [0.2, 0.25) is 11.8 Å². The summed E-state index contributed by atoms with van der Waals surface area (Å²) < 4.78 is 1.68. The molecular weight excluding hydrogens is 488 g/mol. The van der Waals surface area contributed by atoms with E-state index < -0.39 is 17.4 Å². The van der Waals surface area contributed by atoms with Gasteiger partial charge in [0.15, 0.2) is 0 Å². The van der Waals surface area contributed by atoms with Gasteiger partial charge in [0.05, 0.1) is 34.1 Å². The standard InChI is InChI=1S/C29H21ClN4O3/c30-16-11-13-17(14-12-16)33-26(36)23-22-10-5-15-32(22)29(24(23)27(33)37)19-7-2-4-9-21(19)34-25(35)18-6-1-3-8-20(18)31-28(29)34/h1-4,6-9,11-14,22-24H,5,10,15H2. The van der Waals surface area contributed by atoms with Crippen molar-refractivity contribution in [1.82, 2.24) is 14.5 Å². The molecule has 0 N–H and O–H groups in total. The average Bonchev–Trinajstić information content (AvgIpc) is 3.62. The smallest absolute Gasteiger partial charge is 0.266 e. The third-order valence-corrected chi connectivity index (χ3v) is 8.98. The number of hydrogen-bond donors (Lipinski definition) is 0. The lowest BCUT2D eigenvalue weighted by Gasteiger charge is -2.38. The number of anilines is 1. The van der Waals surface area contributed by atoms with Gasteiger partial charge in [0, 0.05) is 16.6 Å². The second kappa shape index (κ2) is 7.15. The Morgan fingerprint density at radius 2 is 1.65 bits per heavy atom. The number of benzene rings is 3. The summed E-state index contributed by atoms with van der Waals surface area (Å²) >= 11 is 6.10. The second-order valence-electron chi connectivity index (χ2n) is 10.3. The predicted molar refractivity (Wildman–Crippen MR) is 139 cm³/mol. The lowest BCUT2D eigenvalue weighted by molar-refractivity contribution is -0.124. The molecule has 0 aliphatic carbocycles. The third kappa shape index (κ3) is 2.42. The molecule has 4 unspecified atom stereocenters. The number of nitrogens with zero attached hydrogens (tertiary/aromatic N) is 4. The van der Waals surface area contributed by atoms with Gasteiger partial charge in [-0.05, 0) is 61.9 Å². The minimum atomic E-state index is -1.00. The van der Waals surface area contributed by atoms with Gasteiger partial charge in [-0.3, -0.25) is 23.9 Å². The Morgan fingerprint density at radius 3 is 2.49 bits per heavy atom. The molecule has 4 atom stereocenters. The van der Waals surface area contributed by atoms with Crippen molar-refractivity contribution >= 4 is 40.0 Å². The molecule has 8 heteroatoms. The van der Waals surface area contributed by atoms with Crippen LogP contribution in [0.3, 0.4) is 0 Å². The van der Waals surface area contributed by atoms with Gasteiger partial charge < -0.3 is 0 Å². The number of imide groups is 1. The minimum absolute atomic E-state index is 0.110. The lowest BCUT2D eigenvalue weighted by Crippen LogP contribution is -2.51. The summed E-state index contributed by atoms with van der Waals surface area (Å²) in [7, 11) is 0. The number of rotatable bonds is 1. The zero-order valence-electron chi connectivity index (χ0n) is 19.7. The van der Waals surface area contributed by atoms with Crippen molar-refractivity contribution in [3.63, 3.8) is 0 Å². The highest BCUT2D eigenvalue weighted by molar-refractivity contribution is 6.31. The van der Waals surface area contributed by atoms with E-state index in [4.69, 9.17) is 16.6 Å². The summed E-state index contributed by atoms with van der Waals surface area (Å²) in [5.41, 5.74) is 1.56. The molecule has 7 nitrogen and oxygen atoms in total. The summed E-state index contributed by atoms with van der Waals surface area (Å²) in [6, 6.07) is 21.8. The molecule has 182 valence electrons. The molecule has 2 amide bonds. The predicted octanol–water partition coefficient (Wildman–Crippen LogP) is 3.88. The Morgan fingerprint density at radius 1 is 0.892 bits per heavy atom. The van der Waals surface area contributed by atoms with E-state index in [-0.39, 0.29) is 23.4 Å². The lowest BCUT2D eigenvalue weighted by atomic mass is 9.75. The number of fused-ring (bicyclic) bond motifs is 11. The highest BCUT2D eigenvalue weighted by Gasteiger charge is 2.73. The number of aromatic nitrogens is 2. The first-order valence-corrected chi connectivity index (χ1v) is 12.9. The molecule has 3 fully saturated rings. The summed E-state index contributed by atoms with van der Waals surface area (Å²) in [5, 5.41) is 1.07. The fourth-order valence-corrected chi connectivity index (χ4v) is 7.58. The summed E-state index contributed by atoms with van der Waals surface area (Å²) in [6.07, 6.45) is 1.73. The molecule has 3 saturated heterocycles. The maximum Gasteiger partial charge on any atom is 0.266 e. The quantitative estimate of drug-likeness (QED) is 0.365. The monoisotopic (exact) mass is 508 g/mol. The van der Waals surface area contributed by atoms with E-state index >= 15 is 0 Å². The van der Waals surface area contributed by atoms with Crippen molar-refractivity contribution in [2.45, 2.75) is 24.4 Å². The van der Waals surface area contributed by atoms with E-state index in [1.54, 1.807) is 34.9 Å². The fourth-order valence-electron chi connectivity index (χ4n) is 7.46. The normalized spacial score (nSPS) is 27.7. The van der Waals surface area contributed by atoms with Crippen molar-refractivity contribution < 1.29 is 9.59 Å². The van der Waals surface area contributed by atoms with Crippen molar-refractivity contribution in [1.29, 1.82) is 0 Å². The minimum Gasteiger partial charge on any atom is -0.283 e. The van der Waals surface area contributed by atoms with Crippen LogP contribution < -0.4 is 10.5 Å². The van der Waals surface area contributed by atoms with Gasteiger partial charge >= 0.3 is 0 Å². The molecule has 4 aliphatic rings. The van der Waals surface area contributed by atoms with Crippen LogP contribution in [0, 0.1) is 11.8 Å². The maximum atomic E-state index is 14.4. The van der Waals surface area contributed by atoms with E-state index in [1.165, 1.54) is 4.90 Å². The van der Waals surface area contributed by atoms with Crippen LogP contribution in [-0.4, -0.2) is 38.9 Å². The van der Waals surface area contributed by atoms with Crippen molar-refractivity contribution in [3.8, 4) is 5.69 Å². The van der Waals surface area contributed by atoms with Crippen molar-refractivity contribution in [2.24, 2.45) is 11.8 Å². The maximum absolute atomic E-state index is 14.4. The number of carbonyl (C=O) groups is 2. The van der Waals surface area contributed by atoms with Crippen LogP contribution >= 0.6 is 11.6 Å². The van der Waals surface area contributed by atoms with E-state index in [9.17, 15) is 14.4 Å². The van der Waals surface area contributed by atoms with Crippen LogP contribution in [0.25, 0.3) is 16.6 Å².